The SMILES string of the molecule is Cc1ccc(NS(=O)(=O)c2c(C(C)C)nc3sc(C)nn23)c(F)c1. The molecule has 0 aliphatic carbocycles. The van der Waals surface area contributed by atoms with Gasteiger partial charge in [-0.15, -0.1) is 0 Å². The summed E-state index contributed by atoms with van der Waals surface area (Å²) < 4.78 is 43.4. The Labute approximate surface area is 143 Å². The zero-order chi connectivity index (χ0) is 17.6. The van der Waals surface area contributed by atoms with Gasteiger partial charge in [0.1, 0.15) is 10.8 Å². The number of hydrogen-bond donors (Lipinski definition) is 1. The van der Waals surface area contributed by atoms with E-state index >= 15 is 0 Å². The summed E-state index contributed by atoms with van der Waals surface area (Å²) in [4.78, 5) is 4.88. The predicted octanol–water partition coefficient (Wildman–Crippen LogP) is 3.47. The van der Waals surface area contributed by atoms with Crippen molar-refractivity contribution in [2.75, 3.05) is 4.72 Å². The van der Waals surface area contributed by atoms with Crippen molar-refractivity contribution in [3.63, 3.8) is 0 Å². The van der Waals surface area contributed by atoms with Gasteiger partial charge in [0.15, 0.2) is 0 Å². The molecule has 1 aromatic carbocycles. The fourth-order valence-electron chi connectivity index (χ4n) is 2.36. The number of fused-ring (bicyclic) bond motifs is 1. The van der Waals surface area contributed by atoms with Gasteiger partial charge >= 0.3 is 0 Å². The molecule has 0 radical (unpaired) electrons. The van der Waals surface area contributed by atoms with Crippen molar-refractivity contribution in [2.45, 2.75) is 38.6 Å². The van der Waals surface area contributed by atoms with Gasteiger partial charge in [-0.2, -0.15) is 18.0 Å². The lowest BCUT2D eigenvalue weighted by atomic mass is 10.2. The number of aryl methyl sites for hydroxylation is 2. The number of imidazole rings is 1. The lowest BCUT2D eigenvalue weighted by molar-refractivity contribution is 0.587. The number of aromatic nitrogens is 3. The maximum atomic E-state index is 14.0. The van der Waals surface area contributed by atoms with E-state index in [0.29, 0.717) is 21.2 Å². The first kappa shape index (κ1) is 16.8. The first-order valence-electron chi connectivity index (χ1n) is 7.34. The van der Waals surface area contributed by atoms with Gasteiger partial charge in [-0.1, -0.05) is 31.3 Å². The molecule has 0 fully saturated rings. The second-order valence-corrected chi connectivity index (χ2v) is 8.62. The summed E-state index contributed by atoms with van der Waals surface area (Å²) in [5, 5.41) is 4.88. The number of benzene rings is 1. The molecule has 0 spiro atoms. The Morgan fingerprint density at radius 3 is 2.62 bits per heavy atom. The van der Waals surface area contributed by atoms with Crippen LogP contribution >= 0.6 is 11.3 Å². The van der Waals surface area contributed by atoms with Crippen LogP contribution in [-0.2, 0) is 10.0 Å². The highest BCUT2D eigenvalue weighted by Gasteiger charge is 2.29. The van der Waals surface area contributed by atoms with E-state index in [2.05, 4.69) is 14.8 Å². The van der Waals surface area contributed by atoms with Crippen LogP contribution in [0.5, 0.6) is 0 Å². The summed E-state index contributed by atoms with van der Waals surface area (Å²) in [6, 6.07) is 4.32. The van der Waals surface area contributed by atoms with E-state index in [9.17, 15) is 12.8 Å². The van der Waals surface area contributed by atoms with E-state index in [0.717, 1.165) is 0 Å². The molecular weight excluding hydrogens is 351 g/mol. The average Bonchev–Trinajstić information content (AvgIpc) is 2.97. The van der Waals surface area contributed by atoms with Gasteiger partial charge < -0.3 is 0 Å². The Bertz CT molecular complexity index is 1020. The van der Waals surface area contributed by atoms with Crippen LogP contribution in [0.3, 0.4) is 0 Å². The topological polar surface area (TPSA) is 76.4 Å². The summed E-state index contributed by atoms with van der Waals surface area (Å²) in [5.41, 5.74) is 1.02. The van der Waals surface area contributed by atoms with Gasteiger partial charge in [-0.25, -0.2) is 9.37 Å². The fourth-order valence-corrected chi connectivity index (χ4v) is 4.64. The normalized spacial score (nSPS) is 12.2. The standard InChI is InChI=1S/C15H17FN4O2S2/c1-8(2)13-14(20-15(17-13)23-10(4)18-20)24(21,22)19-12-6-5-9(3)7-11(12)16/h5-8,19H,1-4H3. The van der Waals surface area contributed by atoms with Gasteiger partial charge in [-0.05, 0) is 37.5 Å². The largest absolute Gasteiger partial charge is 0.281 e. The third-order valence-corrected chi connectivity index (χ3v) is 5.66. The van der Waals surface area contributed by atoms with Crippen LogP contribution in [0, 0.1) is 19.7 Å². The van der Waals surface area contributed by atoms with Crippen LogP contribution in [0.25, 0.3) is 4.96 Å². The molecule has 0 saturated carbocycles. The number of anilines is 1. The third kappa shape index (κ3) is 2.89. The monoisotopic (exact) mass is 368 g/mol. The van der Waals surface area contributed by atoms with Crippen molar-refractivity contribution in [1.29, 1.82) is 0 Å². The minimum Gasteiger partial charge on any atom is -0.275 e. The Hall–Kier alpha value is -2.00. The summed E-state index contributed by atoms with van der Waals surface area (Å²) >= 11 is 1.31. The molecule has 0 amide bonds. The average molecular weight is 368 g/mol. The molecule has 3 rings (SSSR count). The molecule has 128 valence electrons. The predicted molar refractivity (Wildman–Crippen MR) is 91.6 cm³/mol. The highest BCUT2D eigenvalue weighted by atomic mass is 32.2. The van der Waals surface area contributed by atoms with Crippen LogP contribution in [-0.4, -0.2) is 23.0 Å². The molecule has 24 heavy (non-hydrogen) atoms. The highest BCUT2D eigenvalue weighted by molar-refractivity contribution is 7.92. The molecule has 0 unspecified atom stereocenters. The molecular formula is C15H17FN4O2S2. The second-order valence-electron chi connectivity index (χ2n) is 5.86. The third-order valence-electron chi connectivity index (χ3n) is 3.46. The fraction of sp³-hybridized carbons (Fsp3) is 0.333. The Kier molecular flexibility index (Phi) is 4.08. The van der Waals surface area contributed by atoms with Crippen molar-refractivity contribution in [3.05, 3.63) is 40.3 Å². The van der Waals surface area contributed by atoms with E-state index in [1.807, 2.05) is 13.8 Å². The number of hydrogen-bond acceptors (Lipinski definition) is 5. The van der Waals surface area contributed by atoms with Gasteiger partial charge in [-0.3, -0.25) is 4.72 Å². The minimum absolute atomic E-state index is 0.0446. The number of nitrogens with one attached hydrogen (secondary N) is 1. The molecule has 0 aliphatic rings. The second kappa shape index (κ2) is 5.82. The first-order chi connectivity index (χ1) is 11.2. The number of rotatable bonds is 4. The summed E-state index contributed by atoms with van der Waals surface area (Å²) in [7, 11) is -4.04. The molecule has 0 bridgehead atoms. The molecule has 0 saturated heterocycles. The van der Waals surface area contributed by atoms with Gasteiger partial charge in [0.05, 0.1) is 11.4 Å². The quantitative estimate of drug-likeness (QED) is 0.765. The smallest absolute Gasteiger partial charge is 0.275 e. The Balaban J connectivity index is 2.15. The van der Waals surface area contributed by atoms with Gasteiger partial charge in [0.2, 0.25) is 9.99 Å². The van der Waals surface area contributed by atoms with Crippen LogP contribution in [0.4, 0.5) is 10.1 Å². The zero-order valence-electron chi connectivity index (χ0n) is 13.7. The van der Waals surface area contributed by atoms with Gasteiger partial charge in [0, 0.05) is 0 Å². The molecule has 0 aliphatic heterocycles. The van der Waals surface area contributed by atoms with Crippen LogP contribution in [0.15, 0.2) is 23.2 Å². The summed E-state index contributed by atoms with van der Waals surface area (Å²) in [6.07, 6.45) is 0. The van der Waals surface area contributed by atoms with E-state index in [-0.39, 0.29) is 16.6 Å². The Morgan fingerprint density at radius 2 is 2.00 bits per heavy atom. The number of sulfonamides is 1. The number of nitrogens with zero attached hydrogens (tertiary/aromatic N) is 3. The number of halogens is 1. The molecule has 1 N–H and O–H groups in total. The van der Waals surface area contributed by atoms with Crippen molar-refractivity contribution in [1.82, 2.24) is 14.6 Å². The van der Waals surface area contributed by atoms with E-state index in [1.54, 1.807) is 19.9 Å². The molecule has 2 aromatic heterocycles. The summed E-state index contributed by atoms with van der Waals surface area (Å²) in [6.45, 7) is 7.21. The highest BCUT2D eigenvalue weighted by Crippen LogP contribution is 2.29. The lowest BCUT2D eigenvalue weighted by Gasteiger charge is -2.11. The maximum absolute atomic E-state index is 14.0. The zero-order valence-corrected chi connectivity index (χ0v) is 15.3. The first-order valence-corrected chi connectivity index (χ1v) is 9.64. The van der Waals surface area contributed by atoms with Gasteiger partial charge in [0.25, 0.3) is 10.0 Å². The van der Waals surface area contributed by atoms with Crippen molar-refractivity contribution >= 4 is 32.0 Å². The van der Waals surface area contributed by atoms with Crippen molar-refractivity contribution in [2.24, 2.45) is 0 Å². The molecule has 2 heterocycles. The summed E-state index contributed by atoms with van der Waals surface area (Å²) in [5.74, 6) is -0.742. The van der Waals surface area contributed by atoms with E-state index < -0.39 is 15.8 Å². The molecule has 3 aromatic rings. The van der Waals surface area contributed by atoms with E-state index in [1.165, 1.54) is 28.0 Å². The van der Waals surface area contributed by atoms with E-state index in [4.69, 9.17) is 0 Å². The molecule has 6 nitrogen and oxygen atoms in total. The molecule has 0 atom stereocenters. The van der Waals surface area contributed by atoms with Crippen molar-refractivity contribution < 1.29 is 12.8 Å². The molecule has 9 heteroatoms. The van der Waals surface area contributed by atoms with Crippen LogP contribution in [0.2, 0.25) is 0 Å². The van der Waals surface area contributed by atoms with Crippen LogP contribution < -0.4 is 4.72 Å². The lowest BCUT2D eigenvalue weighted by Crippen LogP contribution is -2.18. The minimum atomic E-state index is -4.04. The Morgan fingerprint density at radius 1 is 1.29 bits per heavy atom. The maximum Gasteiger partial charge on any atom is 0.281 e. The van der Waals surface area contributed by atoms with Crippen LogP contribution in [0.1, 0.15) is 36.0 Å². The van der Waals surface area contributed by atoms with Crippen molar-refractivity contribution in [3.8, 4) is 0 Å².